The lowest BCUT2D eigenvalue weighted by atomic mass is 9.94. The number of hydrogen-bond donors (Lipinski definition) is 1. The smallest absolute Gasteiger partial charge is 0.416 e. The van der Waals surface area contributed by atoms with E-state index >= 15 is 0 Å². The van der Waals surface area contributed by atoms with Gasteiger partial charge in [-0.25, -0.2) is 9.69 Å². The van der Waals surface area contributed by atoms with E-state index in [4.69, 9.17) is 4.74 Å². The monoisotopic (exact) mass is 367 g/mol. The van der Waals surface area contributed by atoms with Crippen molar-refractivity contribution >= 4 is 18.0 Å². The van der Waals surface area contributed by atoms with E-state index in [0.29, 0.717) is 6.42 Å². The molecule has 0 spiro atoms. The van der Waals surface area contributed by atoms with Crippen molar-refractivity contribution in [2.45, 2.75) is 25.3 Å². The van der Waals surface area contributed by atoms with E-state index in [9.17, 15) is 19.5 Å². The third-order valence-electron chi connectivity index (χ3n) is 4.61. The molecule has 2 aromatic rings. The fraction of sp³-hybridized carbons (Fsp3) is 0.286. The van der Waals surface area contributed by atoms with Crippen LogP contribution in [-0.4, -0.2) is 40.6 Å². The number of amides is 2. The highest BCUT2D eigenvalue weighted by atomic mass is 16.6. The second kappa shape index (κ2) is 8.49. The summed E-state index contributed by atoms with van der Waals surface area (Å²) < 4.78 is 5.10. The summed E-state index contributed by atoms with van der Waals surface area (Å²) in [5.74, 6) is -2.39. The first-order valence-corrected chi connectivity index (χ1v) is 8.84. The van der Waals surface area contributed by atoms with Crippen LogP contribution in [0, 0.1) is 5.92 Å². The molecule has 0 bridgehead atoms. The maximum absolute atomic E-state index is 13.1. The molecule has 1 N–H and O–H groups in total. The van der Waals surface area contributed by atoms with E-state index in [2.05, 4.69) is 0 Å². The number of imide groups is 1. The molecule has 3 rings (SSSR count). The van der Waals surface area contributed by atoms with Gasteiger partial charge in [0.25, 0.3) is 0 Å². The number of carboxylic acids is 1. The predicted molar refractivity (Wildman–Crippen MR) is 98.0 cm³/mol. The quantitative estimate of drug-likeness (QED) is 0.813. The number of nitrogens with zero attached hydrogens (tertiary/aromatic N) is 1. The third kappa shape index (κ3) is 4.73. The van der Waals surface area contributed by atoms with Crippen molar-refractivity contribution in [3.8, 4) is 0 Å². The number of aliphatic carboxylic acids is 1. The second-order valence-corrected chi connectivity index (χ2v) is 6.61. The van der Waals surface area contributed by atoms with Crippen LogP contribution in [0.15, 0.2) is 60.7 Å². The number of carbonyl (C=O) groups excluding carboxylic acids is 2. The Bertz CT molecular complexity index is 806. The Balaban J connectivity index is 1.79. The van der Waals surface area contributed by atoms with Gasteiger partial charge in [0, 0.05) is 0 Å². The molecule has 0 unspecified atom stereocenters. The van der Waals surface area contributed by atoms with E-state index in [1.54, 1.807) is 0 Å². The molecule has 1 saturated heterocycles. The first-order valence-electron chi connectivity index (χ1n) is 8.84. The molecule has 0 aliphatic carbocycles. The Morgan fingerprint density at radius 1 is 1.04 bits per heavy atom. The van der Waals surface area contributed by atoms with E-state index in [-0.39, 0.29) is 19.4 Å². The number of carbonyl (C=O) groups is 3. The summed E-state index contributed by atoms with van der Waals surface area (Å²) in [6.07, 6.45) is -0.309. The Labute approximate surface area is 157 Å². The molecule has 1 aliphatic rings. The zero-order chi connectivity index (χ0) is 19.2. The lowest BCUT2D eigenvalue weighted by Crippen LogP contribution is -2.44. The van der Waals surface area contributed by atoms with Gasteiger partial charge in [0.2, 0.25) is 5.91 Å². The number of ether oxygens (including phenoxy) is 1. The standard InChI is InChI=1S/C21H21NO5/c23-19(24)13-17(11-15-7-3-1-4-8-15)20(25)22-18(14-27-21(22)26)12-16-9-5-2-6-10-16/h1-10,17-18H,11-14H2,(H,23,24)/t17-,18+/m1/s1. The fourth-order valence-corrected chi connectivity index (χ4v) is 3.32. The van der Waals surface area contributed by atoms with Crippen LogP contribution >= 0.6 is 0 Å². The van der Waals surface area contributed by atoms with Gasteiger partial charge in [0.1, 0.15) is 6.61 Å². The minimum Gasteiger partial charge on any atom is -0.481 e. The van der Waals surface area contributed by atoms with E-state index in [1.807, 2.05) is 60.7 Å². The largest absolute Gasteiger partial charge is 0.481 e. The Kier molecular flexibility index (Phi) is 5.86. The SMILES string of the molecule is O=C(O)C[C@@H](Cc1ccccc1)C(=O)N1C(=O)OC[C@@H]1Cc1ccccc1. The molecule has 6 heteroatoms. The van der Waals surface area contributed by atoms with E-state index < -0.39 is 29.9 Å². The highest BCUT2D eigenvalue weighted by Gasteiger charge is 2.41. The normalized spacial score (nSPS) is 17.4. The van der Waals surface area contributed by atoms with Gasteiger partial charge >= 0.3 is 12.1 Å². The molecule has 0 aromatic heterocycles. The molecule has 27 heavy (non-hydrogen) atoms. The van der Waals surface area contributed by atoms with Crippen molar-refractivity contribution < 1.29 is 24.2 Å². The minimum atomic E-state index is -1.07. The lowest BCUT2D eigenvalue weighted by molar-refractivity contribution is -0.143. The van der Waals surface area contributed by atoms with Crippen molar-refractivity contribution in [1.82, 2.24) is 4.90 Å². The average molecular weight is 367 g/mol. The zero-order valence-corrected chi connectivity index (χ0v) is 14.8. The van der Waals surface area contributed by atoms with Crippen LogP contribution < -0.4 is 0 Å². The summed E-state index contributed by atoms with van der Waals surface area (Å²) >= 11 is 0. The highest BCUT2D eigenvalue weighted by Crippen LogP contribution is 2.23. The third-order valence-corrected chi connectivity index (χ3v) is 4.61. The van der Waals surface area contributed by atoms with E-state index in [1.165, 1.54) is 0 Å². The molecule has 1 aliphatic heterocycles. The minimum absolute atomic E-state index is 0.116. The first kappa shape index (κ1) is 18.6. The molecule has 1 fully saturated rings. The maximum Gasteiger partial charge on any atom is 0.416 e. The number of rotatable bonds is 7. The first-order chi connectivity index (χ1) is 13.0. The zero-order valence-electron chi connectivity index (χ0n) is 14.8. The van der Waals surface area contributed by atoms with Gasteiger partial charge in [-0.3, -0.25) is 9.59 Å². The average Bonchev–Trinajstić information content (AvgIpc) is 3.02. The molecule has 0 saturated carbocycles. The van der Waals surface area contributed by atoms with Crippen molar-refractivity contribution in [3.63, 3.8) is 0 Å². The molecule has 140 valence electrons. The van der Waals surface area contributed by atoms with Crippen LogP contribution in [0.5, 0.6) is 0 Å². The van der Waals surface area contributed by atoms with Crippen LogP contribution in [0.1, 0.15) is 17.5 Å². The van der Waals surface area contributed by atoms with Crippen molar-refractivity contribution in [2.24, 2.45) is 5.92 Å². The summed E-state index contributed by atoms with van der Waals surface area (Å²) in [5.41, 5.74) is 1.83. The molecule has 2 amide bonds. The summed E-state index contributed by atoms with van der Waals surface area (Å²) in [7, 11) is 0. The fourth-order valence-electron chi connectivity index (χ4n) is 3.32. The number of carboxylic acid groups (broad SMARTS) is 1. The molecule has 2 aromatic carbocycles. The summed E-state index contributed by atoms with van der Waals surface area (Å²) in [6.45, 7) is 0.116. The summed E-state index contributed by atoms with van der Waals surface area (Å²) in [4.78, 5) is 37.6. The van der Waals surface area contributed by atoms with Crippen LogP contribution in [0.3, 0.4) is 0 Å². The van der Waals surface area contributed by atoms with Crippen molar-refractivity contribution in [3.05, 3.63) is 71.8 Å². The molecular weight excluding hydrogens is 346 g/mol. The van der Waals surface area contributed by atoms with Gasteiger partial charge in [0.15, 0.2) is 0 Å². The van der Waals surface area contributed by atoms with Crippen LogP contribution in [0.4, 0.5) is 4.79 Å². The Morgan fingerprint density at radius 2 is 1.63 bits per heavy atom. The Morgan fingerprint density at radius 3 is 2.22 bits per heavy atom. The molecule has 0 radical (unpaired) electrons. The van der Waals surface area contributed by atoms with Gasteiger partial charge in [-0.15, -0.1) is 0 Å². The second-order valence-electron chi connectivity index (χ2n) is 6.61. The molecule has 6 nitrogen and oxygen atoms in total. The lowest BCUT2D eigenvalue weighted by Gasteiger charge is -2.24. The van der Waals surface area contributed by atoms with Gasteiger partial charge in [-0.1, -0.05) is 60.7 Å². The topological polar surface area (TPSA) is 83.9 Å². The summed E-state index contributed by atoms with van der Waals surface area (Å²) in [6, 6.07) is 18.3. The molecule has 1 heterocycles. The van der Waals surface area contributed by atoms with Gasteiger partial charge in [0.05, 0.1) is 18.4 Å². The number of cyclic esters (lactones) is 1. The van der Waals surface area contributed by atoms with Crippen molar-refractivity contribution in [1.29, 1.82) is 0 Å². The number of benzene rings is 2. The molecule has 2 atom stereocenters. The Hall–Kier alpha value is -3.15. The van der Waals surface area contributed by atoms with Gasteiger partial charge in [-0.2, -0.15) is 0 Å². The summed E-state index contributed by atoms with van der Waals surface area (Å²) in [5, 5.41) is 9.23. The van der Waals surface area contributed by atoms with Crippen LogP contribution in [-0.2, 0) is 27.2 Å². The van der Waals surface area contributed by atoms with Crippen LogP contribution in [0.2, 0.25) is 0 Å². The number of hydrogen-bond acceptors (Lipinski definition) is 4. The van der Waals surface area contributed by atoms with Gasteiger partial charge < -0.3 is 9.84 Å². The molecular formula is C21H21NO5. The van der Waals surface area contributed by atoms with E-state index in [0.717, 1.165) is 16.0 Å². The highest BCUT2D eigenvalue weighted by molar-refractivity contribution is 5.96. The van der Waals surface area contributed by atoms with Crippen molar-refractivity contribution in [2.75, 3.05) is 6.61 Å². The maximum atomic E-state index is 13.1. The predicted octanol–water partition coefficient (Wildman–Crippen LogP) is 2.91. The van der Waals surface area contributed by atoms with Crippen LogP contribution in [0.25, 0.3) is 0 Å². The van der Waals surface area contributed by atoms with Gasteiger partial charge in [-0.05, 0) is 24.0 Å².